The second kappa shape index (κ2) is 7.57. The van der Waals surface area contributed by atoms with Crippen molar-refractivity contribution in [2.24, 2.45) is 0 Å². The van der Waals surface area contributed by atoms with Crippen LogP contribution < -0.4 is 10.1 Å². The van der Waals surface area contributed by atoms with Gasteiger partial charge in [0.15, 0.2) is 0 Å². The Labute approximate surface area is 124 Å². The monoisotopic (exact) mass is 289 g/mol. The zero-order valence-electron chi connectivity index (χ0n) is 12.4. The van der Waals surface area contributed by atoms with E-state index in [0.717, 1.165) is 37.4 Å². The maximum absolute atomic E-state index is 13.2. The van der Waals surface area contributed by atoms with E-state index in [2.05, 4.69) is 29.1 Å². The predicted octanol–water partition coefficient (Wildman–Crippen LogP) is 4.18. The highest BCUT2D eigenvalue weighted by molar-refractivity contribution is 5.40. The van der Waals surface area contributed by atoms with E-state index in [0.29, 0.717) is 11.6 Å². The highest BCUT2D eigenvalue weighted by atomic mass is 19.1. The predicted molar refractivity (Wildman–Crippen MR) is 81.3 cm³/mol. The Kier molecular flexibility index (Phi) is 5.49. The van der Waals surface area contributed by atoms with Gasteiger partial charge in [0.1, 0.15) is 23.2 Å². The molecule has 5 heteroatoms. The van der Waals surface area contributed by atoms with Crippen LogP contribution in [0.5, 0.6) is 11.6 Å². The van der Waals surface area contributed by atoms with Gasteiger partial charge in [-0.1, -0.05) is 19.9 Å². The van der Waals surface area contributed by atoms with Gasteiger partial charge in [-0.2, -0.15) is 4.98 Å². The molecule has 0 aliphatic carbocycles. The van der Waals surface area contributed by atoms with Crippen LogP contribution in [0.25, 0.3) is 0 Å². The molecule has 1 N–H and O–H groups in total. The summed E-state index contributed by atoms with van der Waals surface area (Å²) in [4.78, 5) is 8.80. The lowest BCUT2D eigenvalue weighted by Gasteiger charge is -2.10. The van der Waals surface area contributed by atoms with Gasteiger partial charge >= 0.3 is 0 Å². The molecule has 0 saturated heterocycles. The Morgan fingerprint density at radius 3 is 2.71 bits per heavy atom. The van der Waals surface area contributed by atoms with Gasteiger partial charge in [-0.15, -0.1) is 0 Å². The molecule has 2 aromatic rings. The summed E-state index contributed by atoms with van der Waals surface area (Å²) in [6.07, 6.45) is 2.74. The van der Waals surface area contributed by atoms with Crippen LogP contribution >= 0.6 is 0 Å². The van der Waals surface area contributed by atoms with Crippen LogP contribution in [0, 0.1) is 5.82 Å². The summed E-state index contributed by atoms with van der Waals surface area (Å²) in [7, 11) is 0. The van der Waals surface area contributed by atoms with Crippen molar-refractivity contribution in [1.82, 2.24) is 9.97 Å². The van der Waals surface area contributed by atoms with Crippen molar-refractivity contribution < 1.29 is 9.13 Å². The van der Waals surface area contributed by atoms with Gasteiger partial charge in [-0.25, -0.2) is 9.37 Å². The van der Waals surface area contributed by atoms with Gasteiger partial charge in [0.25, 0.3) is 0 Å². The van der Waals surface area contributed by atoms with Gasteiger partial charge in [0.05, 0.1) is 0 Å². The van der Waals surface area contributed by atoms with E-state index in [1.807, 2.05) is 0 Å². The van der Waals surface area contributed by atoms with Gasteiger partial charge in [0, 0.05) is 25.1 Å². The Balaban J connectivity index is 2.22. The van der Waals surface area contributed by atoms with Gasteiger partial charge in [0.2, 0.25) is 5.88 Å². The Morgan fingerprint density at radius 2 is 2.00 bits per heavy atom. The molecular formula is C16H20FN3O. The highest BCUT2D eigenvalue weighted by Gasteiger charge is 2.07. The number of rotatable bonds is 7. The summed E-state index contributed by atoms with van der Waals surface area (Å²) >= 11 is 0. The van der Waals surface area contributed by atoms with Crippen LogP contribution in [-0.4, -0.2) is 16.5 Å². The molecule has 0 atom stereocenters. The van der Waals surface area contributed by atoms with E-state index in [1.165, 1.54) is 12.1 Å². The number of nitrogens with zero attached hydrogens (tertiary/aromatic N) is 2. The van der Waals surface area contributed by atoms with Crippen LogP contribution in [-0.2, 0) is 6.42 Å². The van der Waals surface area contributed by atoms with Crippen molar-refractivity contribution in [3.8, 4) is 11.6 Å². The topological polar surface area (TPSA) is 47.0 Å². The van der Waals surface area contributed by atoms with Crippen LogP contribution in [0.15, 0.2) is 30.3 Å². The Hall–Kier alpha value is -2.17. The number of aromatic nitrogens is 2. The molecule has 0 unspecified atom stereocenters. The average molecular weight is 289 g/mol. The first-order valence-corrected chi connectivity index (χ1v) is 7.26. The largest absolute Gasteiger partial charge is 0.439 e. The van der Waals surface area contributed by atoms with Crippen LogP contribution in [0.2, 0.25) is 0 Å². The molecule has 112 valence electrons. The van der Waals surface area contributed by atoms with Crippen molar-refractivity contribution in [2.45, 2.75) is 33.1 Å². The molecule has 1 heterocycles. The number of hydrogen-bond donors (Lipinski definition) is 1. The summed E-state index contributed by atoms with van der Waals surface area (Å²) in [6, 6.07) is 7.75. The molecular weight excluding hydrogens is 269 g/mol. The molecule has 0 bridgehead atoms. The molecule has 1 aromatic heterocycles. The average Bonchev–Trinajstić information content (AvgIpc) is 2.45. The van der Waals surface area contributed by atoms with E-state index >= 15 is 0 Å². The minimum atomic E-state index is -0.334. The number of anilines is 1. The molecule has 21 heavy (non-hydrogen) atoms. The van der Waals surface area contributed by atoms with Gasteiger partial charge in [-0.3, -0.25) is 0 Å². The highest BCUT2D eigenvalue weighted by Crippen LogP contribution is 2.22. The summed E-state index contributed by atoms with van der Waals surface area (Å²) in [5, 5.41) is 3.23. The second-order valence-corrected chi connectivity index (χ2v) is 4.74. The summed E-state index contributed by atoms with van der Waals surface area (Å²) < 4.78 is 18.8. The fourth-order valence-electron chi connectivity index (χ4n) is 1.86. The Bertz CT molecular complexity index is 589. The molecule has 2 rings (SSSR count). The third-order valence-electron chi connectivity index (χ3n) is 2.80. The quantitative estimate of drug-likeness (QED) is 0.830. The lowest BCUT2D eigenvalue weighted by molar-refractivity contribution is 0.454. The molecule has 1 aromatic carbocycles. The smallest absolute Gasteiger partial charge is 0.224 e. The normalized spacial score (nSPS) is 10.4. The SMILES string of the molecule is CCCNc1cc(Oc2cccc(F)c2)nc(CCC)n1. The maximum Gasteiger partial charge on any atom is 0.224 e. The van der Waals surface area contributed by atoms with Crippen LogP contribution in [0.3, 0.4) is 0 Å². The summed E-state index contributed by atoms with van der Waals surface area (Å²) in [6.45, 7) is 5.00. The first-order chi connectivity index (χ1) is 10.2. The Morgan fingerprint density at radius 1 is 1.14 bits per heavy atom. The van der Waals surface area contributed by atoms with Gasteiger partial charge in [-0.05, 0) is 25.0 Å². The van der Waals surface area contributed by atoms with Crippen LogP contribution in [0.1, 0.15) is 32.5 Å². The minimum absolute atomic E-state index is 0.334. The molecule has 0 spiro atoms. The number of hydrogen-bond acceptors (Lipinski definition) is 4. The lowest BCUT2D eigenvalue weighted by Crippen LogP contribution is -2.06. The van der Waals surface area contributed by atoms with E-state index < -0.39 is 0 Å². The molecule has 0 amide bonds. The molecule has 0 fully saturated rings. The van der Waals surface area contributed by atoms with Crippen molar-refractivity contribution >= 4 is 5.82 Å². The standard InChI is InChI=1S/C16H20FN3O/c1-3-6-14-19-15(18-9-4-2)11-16(20-14)21-13-8-5-7-12(17)10-13/h5,7-8,10-11H,3-4,6,9H2,1-2H3,(H,18,19,20). The zero-order valence-corrected chi connectivity index (χ0v) is 12.4. The zero-order chi connectivity index (χ0) is 15.1. The molecule has 0 aliphatic rings. The molecule has 4 nitrogen and oxygen atoms in total. The molecule has 0 aliphatic heterocycles. The van der Waals surface area contributed by atoms with E-state index in [9.17, 15) is 4.39 Å². The summed E-state index contributed by atoms with van der Waals surface area (Å²) in [5.41, 5.74) is 0. The van der Waals surface area contributed by atoms with Crippen molar-refractivity contribution in [3.63, 3.8) is 0 Å². The molecule has 0 saturated carbocycles. The van der Waals surface area contributed by atoms with E-state index in [1.54, 1.807) is 18.2 Å². The lowest BCUT2D eigenvalue weighted by atomic mass is 10.3. The maximum atomic E-state index is 13.2. The number of nitrogens with one attached hydrogen (secondary N) is 1. The second-order valence-electron chi connectivity index (χ2n) is 4.74. The van der Waals surface area contributed by atoms with Crippen molar-refractivity contribution in [2.75, 3.05) is 11.9 Å². The number of benzene rings is 1. The third kappa shape index (κ3) is 4.70. The number of ether oxygens (including phenoxy) is 1. The number of halogens is 1. The number of aryl methyl sites for hydroxylation is 1. The summed E-state index contributed by atoms with van der Waals surface area (Å²) in [5.74, 6) is 1.99. The van der Waals surface area contributed by atoms with Crippen molar-refractivity contribution in [3.05, 3.63) is 42.0 Å². The fraction of sp³-hybridized carbons (Fsp3) is 0.375. The third-order valence-corrected chi connectivity index (χ3v) is 2.80. The minimum Gasteiger partial charge on any atom is -0.439 e. The molecule has 0 radical (unpaired) electrons. The fourth-order valence-corrected chi connectivity index (χ4v) is 1.86. The van der Waals surface area contributed by atoms with Crippen LogP contribution in [0.4, 0.5) is 10.2 Å². The first kappa shape index (κ1) is 15.2. The van der Waals surface area contributed by atoms with Gasteiger partial charge < -0.3 is 10.1 Å². The van der Waals surface area contributed by atoms with Crippen molar-refractivity contribution in [1.29, 1.82) is 0 Å². The first-order valence-electron chi connectivity index (χ1n) is 7.26. The van der Waals surface area contributed by atoms with E-state index in [-0.39, 0.29) is 5.82 Å². The van der Waals surface area contributed by atoms with E-state index in [4.69, 9.17) is 4.74 Å².